The van der Waals surface area contributed by atoms with Crippen LogP contribution in [-0.4, -0.2) is 48.9 Å². The number of fused-ring (bicyclic) bond motifs is 1. The Kier molecular flexibility index (Phi) is 5.40. The smallest absolute Gasteiger partial charge is 0.269 e. The van der Waals surface area contributed by atoms with Crippen LogP contribution in [0.15, 0.2) is 30.9 Å². The topological polar surface area (TPSA) is 97.0 Å². The van der Waals surface area contributed by atoms with Crippen LogP contribution in [0.5, 0.6) is 11.5 Å². The molecule has 138 valence electrons. The van der Waals surface area contributed by atoms with Gasteiger partial charge in [0.05, 0.1) is 5.92 Å². The monoisotopic (exact) mass is 359 g/mol. The van der Waals surface area contributed by atoms with E-state index in [2.05, 4.69) is 17.4 Å². The normalized spacial score (nSPS) is 18.6. The summed E-state index contributed by atoms with van der Waals surface area (Å²) in [5.41, 5.74) is 5.19. The van der Waals surface area contributed by atoms with Crippen molar-refractivity contribution in [3.05, 3.63) is 36.4 Å². The minimum absolute atomic E-state index is 0.192. The SMILES string of the molecule is C=CC(=O)N1CCCC(C(=O)NNC(=O)c2ccc3c(c2)OCCO3)C1. The zero-order chi connectivity index (χ0) is 18.5. The van der Waals surface area contributed by atoms with E-state index in [0.717, 1.165) is 6.42 Å². The number of nitrogens with zero attached hydrogens (tertiary/aromatic N) is 1. The van der Waals surface area contributed by atoms with Crippen LogP contribution in [0.1, 0.15) is 23.2 Å². The van der Waals surface area contributed by atoms with Crippen molar-refractivity contribution in [2.45, 2.75) is 12.8 Å². The number of carbonyl (C=O) groups is 3. The van der Waals surface area contributed by atoms with Crippen molar-refractivity contribution in [1.29, 1.82) is 0 Å². The molecule has 3 rings (SSSR count). The van der Waals surface area contributed by atoms with Crippen molar-refractivity contribution in [3.8, 4) is 11.5 Å². The maximum atomic E-state index is 12.3. The van der Waals surface area contributed by atoms with Crippen LogP contribution >= 0.6 is 0 Å². The average molecular weight is 359 g/mol. The van der Waals surface area contributed by atoms with Gasteiger partial charge in [-0.05, 0) is 37.1 Å². The molecule has 0 radical (unpaired) electrons. The number of piperidine rings is 1. The molecule has 2 N–H and O–H groups in total. The summed E-state index contributed by atoms with van der Waals surface area (Å²) >= 11 is 0. The number of likely N-dealkylation sites (tertiary alicyclic amines) is 1. The summed E-state index contributed by atoms with van der Waals surface area (Å²) in [6, 6.07) is 4.83. The number of rotatable bonds is 3. The molecule has 1 saturated heterocycles. The van der Waals surface area contributed by atoms with Crippen molar-refractivity contribution in [1.82, 2.24) is 15.8 Å². The summed E-state index contributed by atoms with van der Waals surface area (Å²) in [7, 11) is 0. The fourth-order valence-electron chi connectivity index (χ4n) is 3.00. The number of nitrogens with one attached hydrogen (secondary N) is 2. The van der Waals surface area contributed by atoms with Gasteiger partial charge in [0.2, 0.25) is 11.8 Å². The number of hydrogen-bond acceptors (Lipinski definition) is 5. The van der Waals surface area contributed by atoms with E-state index in [1.165, 1.54) is 6.08 Å². The molecule has 2 heterocycles. The molecule has 2 aliphatic heterocycles. The van der Waals surface area contributed by atoms with Gasteiger partial charge in [0.25, 0.3) is 5.91 Å². The summed E-state index contributed by atoms with van der Waals surface area (Å²) in [4.78, 5) is 37.8. The maximum Gasteiger partial charge on any atom is 0.269 e. The van der Waals surface area contributed by atoms with Crippen molar-refractivity contribution in [2.24, 2.45) is 5.92 Å². The lowest BCUT2D eigenvalue weighted by atomic mass is 9.97. The lowest BCUT2D eigenvalue weighted by Crippen LogP contribution is -2.49. The molecule has 1 aromatic carbocycles. The fraction of sp³-hybridized carbons (Fsp3) is 0.389. The molecule has 1 aromatic rings. The average Bonchev–Trinajstić information content (AvgIpc) is 2.70. The van der Waals surface area contributed by atoms with Crippen molar-refractivity contribution in [2.75, 3.05) is 26.3 Å². The number of ether oxygens (including phenoxy) is 2. The Labute approximate surface area is 151 Å². The molecule has 2 aliphatic rings. The zero-order valence-corrected chi connectivity index (χ0v) is 14.3. The second-order valence-electron chi connectivity index (χ2n) is 6.13. The third-order valence-corrected chi connectivity index (χ3v) is 4.38. The standard InChI is InChI=1S/C18H21N3O5/c1-2-16(22)21-7-3-4-13(11-21)18(24)20-19-17(23)12-5-6-14-15(10-12)26-9-8-25-14/h2,5-6,10,13H,1,3-4,7-9,11H2,(H,19,23)(H,20,24). The number of amides is 3. The Morgan fingerprint density at radius 2 is 1.92 bits per heavy atom. The molecule has 8 heteroatoms. The predicted molar refractivity (Wildman–Crippen MR) is 92.5 cm³/mol. The molecule has 3 amide bonds. The third-order valence-electron chi connectivity index (χ3n) is 4.38. The first kappa shape index (κ1) is 17.8. The third kappa shape index (κ3) is 3.96. The van der Waals surface area contributed by atoms with Crippen LogP contribution < -0.4 is 20.3 Å². The van der Waals surface area contributed by atoms with Gasteiger partial charge in [-0.3, -0.25) is 25.2 Å². The minimum Gasteiger partial charge on any atom is -0.486 e. The largest absolute Gasteiger partial charge is 0.486 e. The maximum absolute atomic E-state index is 12.3. The summed E-state index contributed by atoms with van der Waals surface area (Å²) in [5, 5.41) is 0. The van der Waals surface area contributed by atoms with Gasteiger partial charge in [0.1, 0.15) is 13.2 Å². The summed E-state index contributed by atoms with van der Waals surface area (Å²) in [6.45, 7) is 5.29. The Hall–Kier alpha value is -3.03. The van der Waals surface area contributed by atoms with E-state index in [-0.39, 0.29) is 17.7 Å². The van der Waals surface area contributed by atoms with Crippen molar-refractivity contribution in [3.63, 3.8) is 0 Å². The molecule has 0 aromatic heterocycles. The Balaban J connectivity index is 1.54. The molecule has 1 unspecified atom stereocenters. The Bertz CT molecular complexity index is 734. The zero-order valence-electron chi connectivity index (χ0n) is 14.3. The number of benzene rings is 1. The van der Waals surface area contributed by atoms with Crippen LogP contribution in [0.25, 0.3) is 0 Å². The summed E-state index contributed by atoms with van der Waals surface area (Å²) in [6.07, 6.45) is 2.63. The highest BCUT2D eigenvalue weighted by molar-refractivity contribution is 5.96. The second-order valence-corrected chi connectivity index (χ2v) is 6.13. The first-order chi connectivity index (χ1) is 12.6. The second kappa shape index (κ2) is 7.90. The van der Waals surface area contributed by atoms with E-state index in [0.29, 0.717) is 49.8 Å². The van der Waals surface area contributed by atoms with E-state index >= 15 is 0 Å². The number of hydrogen-bond donors (Lipinski definition) is 2. The van der Waals surface area contributed by atoms with Gasteiger partial charge in [0, 0.05) is 18.7 Å². The summed E-state index contributed by atoms with van der Waals surface area (Å²) < 4.78 is 10.9. The molecular formula is C18H21N3O5. The van der Waals surface area contributed by atoms with Gasteiger partial charge < -0.3 is 14.4 Å². The lowest BCUT2D eigenvalue weighted by molar-refractivity contribution is -0.132. The van der Waals surface area contributed by atoms with E-state index in [9.17, 15) is 14.4 Å². The lowest BCUT2D eigenvalue weighted by Gasteiger charge is -2.31. The number of carbonyl (C=O) groups excluding carboxylic acids is 3. The van der Waals surface area contributed by atoms with E-state index in [4.69, 9.17) is 9.47 Å². The molecule has 26 heavy (non-hydrogen) atoms. The summed E-state index contributed by atoms with van der Waals surface area (Å²) in [5.74, 6) is -0.245. The molecule has 1 fully saturated rings. The van der Waals surface area contributed by atoms with Crippen molar-refractivity contribution < 1.29 is 23.9 Å². The van der Waals surface area contributed by atoms with Gasteiger partial charge in [-0.1, -0.05) is 6.58 Å². The Morgan fingerprint density at radius 3 is 2.69 bits per heavy atom. The van der Waals surface area contributed by atoms with E-state index in [1.807, 2.05) is 0 Å². The minimum atomic E-state index is -0.454. The van der Waals surface area contributed by atoms with Crippen LogP contribution in [0.3, 0.4) is 0 Å². The van der Waals surface area contributed by atoms with E-state index < -0.39 is 5.91 Å². The highest BCUT2D eigenvalue weighted by Gasteiger charge is 2.27. The fourth-order valence-corrected chi connectivity index (χ4v) is 3.00. The van der Waals surface area contributed by atoms with Crippen LogP contribution in [0, 0.1) is 5.92 Å². The molecule has 1 atom stereocenters. The molecule has 0 spiro atoms. The molecule has 0 saturated carbocycles. The van der Waals surface area contributed by atoms with Crippen LogP contribution in [0.2, 0.25) is 0 Å². The van der Waals surface area contributed by atoms with Gasteiger partial charge in [0.15, 0.2) is 11.5 Å². The quantitative estimate of drug-likeness (QED) is 0.610. The van der Waals surface area contributed by atoms with Gasteiger partial charge in [-0.2, -0.15) is 0 Å². The van der Waals surface area contributed by atoms with Crippen LogP contribution in [0.4, 0.5) is 0 Å². The Morgan fingerprint density at radius 1 is 1.15 bits per heavy atom. The predicted octanol–water partition coefficient (Wildman–Crippen LogP) is 0.643. The molecule has 0 aliphatic carbocycles. The first-order valence-electron chi connectivity index (χ1n) is 8.49. The highest BCUT2D eigenvalue weighted by atomic mass is 16.6. The molecule has 8 nitrogen and oxygen atoms in total. The van der Waals surface area contributed by atoms with Crippen LogP contribution in [-0.2, 0) is 9.59 Å². The van der Waals surface area contributed by atoms with Gasteiger partial charge >= 0.3 is 0 Å². The van der Waals surface area contributed by atoms with E-state index in [1.54, 1.807) is 23.1 Å². The van der Waals surface area contributed by atoms with Gasteiger partial charge in [-0.15, -0.1) is 0 Å². The number of hydrazine groups is 1. The molecule has 0 bridgehead atoms. The highest BCUT2D eigenvalue weighted by Crippen LogP contribution is 2.30. The van der Waals surface area contributed by atoms with Crippen molar-refractivity contribution >= 4 is 17.7 Å². The molecular weight excluding hydrogens is 338 g/mol. The van der Waals surface area contributed by atoms with Gasteiger partial charge in [-0.25, -0.2) is 0 Å². The first-order valence-corrected chi connectivity index (χ1v) is 8.49.